The van der Waals surface area contributed by atoms with Crippen LogP contribution in [-0.4, -0.2) is 30.2 Å². The number of rotatable bonds is 4. The Labute approximate surface area is 86.2 Å². The smallest absolute Gasteiger partial charge is 0.320 e. The van der Waals surface area contributed by atoms with Crippen LogP contribution in [0.1, 0.15) is 6.92 Å². The summed E-state index contributed by atoms with van der Waals surface area (Å²) in [6.07, 6.45) is 1.35. The van der Waals surface area contributed by atoms with Gasteiger partial charge in [-0.2, -0.15) is 0 Å². The average molecular weight is 212 g/mol. The number of amides is 3. The van der Waals surface area contributed by atoms with E-state index in [0.29, 0.717) is 18.9 Å². The van der Waals surface area contributed by atoms with E-state index in [1.807, 2.05) is 0 Å². The molecule has 15 heavy (non-hydrogen) atoms. The molecule has 0 radical (unpaired) electrons. The summed E-state index contributed by atoms with van der Waals surface area (Å²) in [6, 6.07) is 1.13. The van der Waals surface area contributed by atoms with E-state index in [0.717, 1.165) is 0 Å². The molecule has 7 heteroatoms. The summed E-state index contributed by atoms with van der Waals surface area (Å²) in [6.45, 7) is 2.15. The minimum Gasteiger partial charge on any atom is -0.363 e. The lowest BCUT2D eigenvalue weighted by Crippen LogP contribution is -2.36. The fourth-order valence-corrected chi connectivity index (χ4v) is 0.852. The quantitative estimate of drug-likeness (QED) is 0.609. The first kappa shape index (κ1) is 11.0. The number of nitrogens with one attached hydrogen (secondary N) is 3. The van der Waals surface area contributed by atoms with Crippen LogP contribution in [0.3, 0.4) is 0 Å². The van der Waals surface area contributed by atoms with Crippen LogP contribution in [0.2, 0.25) is 0 Å². The van der Waals surface area contributed by atoms with E-state index in [-0.39, 0.29) is 5.91 Å². The molecule has 0 unspecified atom stereocenters. The Morgan fingerprint density at radius 2 is 2.13 bits per heavy atom. The molecule has 1 heterocycles. The highest BCUT2D eigenvalue weighted by molar-refractivity contribution is 5.88. The lowest BCUT2D eigenvalue weighted by molar-refractivity contribution is -0.118. The van der Waals surface area contributed by atoms with Gasteiger partial charge in [-0.3, -0.25) is 10.1 Å². The summed E-state index contributed by atoms with van der Waals surface area (Å²) < 4.78 is 4.52. The molecular formula is C8H12N4O3. The van der Waals surface area contributed by atoms with Gasteiger partial charge in [0, 0.05) is 26.1 Å². The second-order valence-corrected chi connectivity index (χ2v) is 2.75. The Hall–Kier alpha value is -2.05. The third kappa shape index (κ3) is 4.65. The van der Waals surface area contributed by atoms with Crippen molar-refractivity contribution in [1.82, 2.24) is 15.8 Å². The molecule has 1 aromatic heterocycles. The number of urea groups is 1. The van der Waals surface area contributed by atoms with Gasteiger partial charge >= 0.3 is 6.03 Å². The third-order valence-electron chi connectivity index (χ3n) is 1.46. The van der Waals surface area contributed by atoms with E-state index in [2.05, 4.69) is 25.6 Å². The molecule has 0 fully saturated rings. The van der Waals surface area contributed by atoms with Crippen LogP contribution in [0, 0.1) is 0 Å². The first-order valence-electron chi connectivity index (χ1n) is 4.38. The summed E-state index contributed by atoms with van der Waals surface area (Å²) in [5.74, 6) is 0.209. The van der Waals surface area contributed by atoms with Crippen molar-refractivity contribution in [2.45, 2.75) is 6.92 Å². The third-order valence-corrected chi connectivity index (χ3v) is 1.46. The Morgan fingerprint density at radius 1 is 1.40 bits per heavy atom. The molecule has 0 atom stereocenters. The standard InChI is InChI=1S/C8H12N4O3/c1-6(13)9-3-4-10-8(14)11-7-2-5-15-12-7/h2,5H,3-4H2,1H3,(H,9,13)(H2,10,11,12,14). The van der Waals surface area contributed by atoms with Crippen molar-refractivity contribution in [2.24, 2.45) is 0 Å². The maximum atomic E-state index is 11.1. The van der Waals surface area contributed by atoms with Crippen LogP contribution in [0.15, 0.2) is 16.9 Å². The largest absolute Gasteiger partial charge is 0.363 e. The number of carbonyl (C=O) groups excluding carboxylic acids is 2. The summed E-state index contributed by atoms with van der Waals surface area (Å²) >= 11 is 0. The van der Waals surface area contributed by atoms with Crippen LogP contribution >= 0.6 is 0 Å². The highest BCUT2D eigenvalue weighted by atomic mass is 16.5. The van der Waals surface area contributed by atoms with Gasteiger partial charge < -0.3 is 15.2 Å². The van der Waals surface area contributed by atoms with Crippen molar-refractivity contribution in [1.29, 1.82) is 0 Å². The Kier molecular flexibility index (Phi) is 4.14. The zero-order chi connectivity index (χ0) is 11.1. The maximum Gasteiger partial charge on any atom is 0.320 e. The monoisotopic (exact) mass is 212 g/mol. The van der Waals surface area contributed by atoms with Crippen molar-refractivity contribution in [2.75, 3.05) is 18.4 Å². The topological polar surface area (TPSA) is 96.3 Å². The van der Waals surface area contributed by atoms with Gasteiger partial charge in [-0.1, -0.05) is 5.16 Å². The molecule has 0 spiro atoms. The van der Waals surface area contributed by atoms with Crippen molar-refractivity contribution in [3.63, 3.8) is 0 Å². The lowest BCUT2D eigenvalue weighted by atomic mass is 10.5. The minimum absolute atomic E-state index is 0.131. The molecule has 0 aliphatic heterocycles. The van der Waals surface area contributed by atoms with Gasteiger partial charge in [0.2, 0.25) is 5.91 Å². The van der Waals surface area contributed by atoms with Gasteiger partial charge in [0.25, 0.3) is 0 Å². The van der Waals surface area contributed by atoms with Crippen molar-refractivity contribution in [3.05, 3.63) is 12.3 Å². The molecule has 0 aromatic carbocycles. The molecule has 3 amide bonds. The molecular weight excluding hydrogens is 200 g/mol. The van der Waals surface area contributed by atoms with Gasteiger partial charge in [0.05, 0.1) is 0 Å². The minimum atomic E-state index is -0.394. The van der Waals surface area contributed by atoms with Crippen LogP contribution < -0.4 is 16.0 Å². The molecule has 82 valence electrons. The van der Waals surface area contributed by atoms with Crippen LogP contribution in [0.4, 0.5) is 10.6 Å². The number of hydrogen-bond donors (Lipinski definition) is 3. The molecule has 1 aromatic rings. The fourth-order valence-electron chi connectivity index (χ4n) is 0.852. The van der Waals surface area contributed by atoms with Gasteiger partial charge in [-0.15, -0.1) is 0 Å². The number of carbonyl (C=O) groups is 2. The van der Waals surface area contributed by atoms with Crippen LogP contribution in [0.5, 0.6) is 0 Å². The summed E-state index contributed by atoms with van der Waals surface area (Å²) in [5, 5.41) is 11.0. The molecule has 0 bridgehead atoms. The SMILES string of the molecule is CC(=O)NCCNC(=O)Nc1ccon1. The van der Waals surface area contributed by atoms with E-state index < -0.39 is 6.03 Å². The summed E-state index contributed by atoms with van der Waals surface area (Å²) in [4.78, 5) is 21.6. The Morgan fingerprint density at radius 3 is 2.73 bits per heavy atom. The highest BCUT2D eigenvalue weighted by Crippen LogP contribution is 1.99. The number of anilines is 1. The molecule has 0 saturated carbocycles. The normalized spacial score (nSPS) is 9.40. The van der Waals surface area contributed by atoms with Crippen molar-refractivity contribution >= 4 is 17.8 Å². The number of aromatic nitrogens is 1. The predicted octanol–water partition coefficient (Wildman–Crippen LogP) is -0.0678. The van der Waals surface area contributed by atoms with Gasteiger partial charge in [-0.05, 0) is 0 Å². The van der Waals surface area contributed by atoms with Gasteiger partial charge in [0.15, 0.2) is 5.82 Å². The highest BCUT2D eigenvalue weighted by Gasteiger charge is 2.02. The van der Waals surface area contributed by atoms with E-state index in [1.54, 1.807) is 0 Å². The predicted molar refractivity (Wildman–Crippen MR) is 52.2 cm³/mol. The van der Waals surface area contributed by atoms with Crippen LogP contribution in [0.25, 0.3) is 0 Å². The zero-order valence-electron chi connectivity index (χ0n) is 8.24. The second-order valence-electron chi connectivity index (χ2n) is 2.75. The van der Waals surface area contributed by atoms with Gasteiger partial charge in [0.1, 0.15) is 6.26 Å². The first-order chi connectivity index (χ1) is 7.18. The first-order valence-corrected chi connectivity index (χ1v) is 4.38. The summed E-state index contributed by atoms with van der Waals surface area (Å²) in [5.41, 5.74) is 0. The van der Waals surface area contributed by atoms with Crippen molar-refractivity contribution in [3.8, 4) is 0 Å². The number of hydrogen-bond acceptors (Lipinski definition) is 4. The second kappa shape index (κ2) is 5.63. The zero-order valence-corrected chi connectivity index (χ0v) is 8.24. The van der Waals surface area contributed by atoms with Gasteiger partial charge in [-0.25, -0.2) is 4.79 Å². The fraction of sp³-hybridized carbons (Fsp3) is 0.375. The van der Waals surface area contributed by atoms with E-state index >= 15 is 0 Å². The molecule has 0 saturated heterocycles. The number of nitrogens with zero attached hydrogens (tertiary/aromatic N) is 1. The van der Waals surface area contributed by atoms with E-state index in [4.69, 9.17) is 0 Å². The van der Waals surface area contributed by atoms with Crippen LogP contribution in [-0.2, 0) is 4.79 Å². The molecule has 0 aliphatic carbocycles. The molecule has 3 N–H and O–H groups in total. The molecule has 0 aliphatic rings. The Balaban J connectivity index is 2.11. The van der Waals surface area contributed by atoms with Crippen molar-refractivity contribution < 1.29 is 14.1 Å². The molecule has 7 nitrogen and oxygen atoms in total. The maximum absolute atomic E-state index is 11.1. The van der Waals surface area contributed by atoms with E-state index in [9.17, 15) is 9.59 Å². The Bertz CT molecular complexity index is 323. The molecule has 1 rings (SSSR count). The summed E-state index contributed by atoms with van der Waals surface area (Å²) in [7, 11) is 0. The average Bonchev–Trinajstić information content (AvgIpc) is 2.64. The lowest BCUT2D eigenvalue weighted by Gasteiger charge is -2.05. The van der Waals surface area contributed by atoms with E-state index in [1.165, 1.54) is 19.3 Å².